The Morgan fingerprint density at radius 3 is 2.37 bits per heavy atom. The van der Waals surface area contributed by atoms with Gasteiger partial charge in [-0.1, -0.05) is 36.4 Å². The van der Waals surface area contributed by atoms with Gasteiger partial charge in [-0.2, -0.15) is 0 Å². The monoisotopic (exact) mass is 382 g/mol. The van der Waals surface area contributed by atoms with Gasteiger partial charge in [0, 0.05) is 6.20 Å². The lowest BCUT2D eigenvalue weighted by molar-refractivity contribution is 0.0698. The van der Waals surface area contributed by atoms with E-state index in [9.17, 15) is 18.3 Å². The zero-order valence-electron chi connectivity index (χ0n) is 14.8. The summed E-state index contributed by atoms with van der Waals surface area (Å²) < 4.78 is 28.1. The molecule has 1 heterocycles. The molecule has 0 aliphatic heterocycles. The normalized spacial score (nSPS) is 11.2. The van der Waals surface area contributed by atoms with Gasteiger partial charge in [0.15, 0.2) is 0 Å². The summed E-state index contributed by atoms with van der Waals surface area (Å²) in [5.41, 5.74) is 2.46. The van der Waals surface area contributed by atoms with Crippen molar-refractivity contribution in [3.63, 3.8) is 0 Å². The zero-order valence-corrected chi connectivity index (χ0v) is 15.6. The number of carboxylic acids is 1. The number of sulfonamides is 1. The summed E-state index contributed by atoms with van der Waals surface area (Å²) in [5, 5.41) is 9.45. The van der Waals surface area contributed by atoms with Gasteiger partial charge in [-0.15, -0.1) is 0 Å². The summed E-state index contributed by atoms with van der Waals surface area (Å²) in [6.45, 7) is 3.33. The number of carbonyl (C=O) groups is 1. The first-order chi connectivity index (χ1) is 12.8. The van der Waals surface area contributed by atoms with Crippen LogP contribution < -0.4 is 4.72 Å². The van der Waals surface area contributed by atoms with Gasteiger partial charge in [-0.3, -0.25) is 9.71 Å². The van der Waals surface area contributed by atoms with E-state index in [2.05, 4.69) is 9.71 Å². The van der Waals surface area contributed by atoms with Crippen molar-refractivity contribution in [2.75, 3.05) is 4.72 Å². The number of nitrogens with one attached hydrogen (secondary N) is 1. The van der Waals surface area contributed by atoms with Crippen LogP contribution in [0.5, 0.6) is 0 Å². The van der Waals surface area contributed by atoms with Crippen molar-refractivity contribution in [1.29, 1.82) is 0 Å². The number of nitrogens with zero attached hydrogens (tertiary/aromatic N) is 1. The molecular formula is C20H18N2O4S. The topological polar surface area (TPSA) is 96.4 Å². The predicted octanol–water partition coefficient (Wildman–Crippen LogP) is 3.86. The van der Waals surface area contributed by atoms with Gasteiger partial charge in [0.1, 0.15) is 4.90 Å². The van der Waals surface area contributed by atoms with Crippen LogP contribution in [0, 0.1) is 13.8 Å². The molecule has 6 nitrogen and oxygen atoms in total. The first-order valence-corrected chi connectivity index (χ1v) is 9.65. The quantitative estimate of drug-likeness (QED) is 0.698. The lowest BCUT2D eigenvalue weighted by atomic mass is 10.0. The molecule has 7 heteroatoms. The Hall–Kier alpha value is -3.19. The van der Waals surface area contributed by atoms with E-state index in [0.717, 1.165) is 5.56 Å². The third-order valence-corrected chi connectivity index (χ3v) is 5.55. The average Bonchev–Trinajstić information content (AvgIpc) is 2.63. The third kappa shape index (κ3) is 3.98. The number of hydrogen-bond donors (Lipinski definition) is 2. The van der Waals surface area contributed by atoms with Crippen LogP contribution in [-0.4, -0.2) is 24.5 Å². The minimum Gasteiger partial charge on any atom is -0.478 e. The van der Waals surface area contributed by atoms with E-state index in [0.29, 0.717) is 16.8 Å². The fraction of sp³-hybridized carbons (Fsp3) is 0.100. The number of pyridine rings is 1. The third-order valence-electron chi connectivity index (χ3n) is 4.07. The Labute approximate surface area is 157 Å². The zero-order chi connectivity index (χ0) is 19.6. The first-order valence-electron chi connectivity index (χ1n) is 8.17. The van der Waals surface area contributed by atoms with E-state index in [4.69, 9.17) is 0 Å². The Morgan fingerprint density at radius 1 is 1.00 bits per heavy atom. The number of anilines is 1. The fourth-order valence-corrected chi connectivity index (χ4v) is 4.06. The molecule has 0 bridgehead atoms. The van der Waals surface area contributed by atoms with E-state index in [-0.39, 0.29) is 16.1 Å². The Bertz CT molecular complexity index is 1110. The molecule has 0 aliphatic rings. The second kappa shape index (κ2) is 7.20. The maximum Gasteiger partial charge on any atom is 0.337 e. The van der Waals surface area contributed by atoms with E-state index >= 15 is 0 Å². The van der Waals surface area contributed by atoms with Gasteiger partial charge in [0.2, 0.25) is 0 Å². The molecule has 138 valence electrons. The summed E-state index contributed by atoms with van der Waals surface area (Å²) in [6.07, 6.45) is 1.58. The van der Waals surface area contributed by atoms with Gasteiger partial charge < -0.3 is 5.11 Å². The van der Waals surface area contributed by atoms with Gasteiger partial charge in [0.25, 0.3) is 10.0 Å². The van der Waals surface area contributed by atoms with Gasteiger partial charge in [-0.25, -0.2) is 13.2 Å². The van der Waals surface area contributed by atoms with Crippen LogP contribution in [0.15, 0.2) is 65.7 Å². The van der Waals surface area contributed by atoms with Crippen molar-refractivity contribution < 1.29 is 18.3 Å². The number of hydrogen-bond acceptors (Lipinski definition) is 4. The van der Waals surface area contributed by atoms with Crippen molar-refractivity contribution in [3.05, 3.63) is 77.6 Å². The molecule has 0 saturated carbocycles. The summed E-state index contributed by atoms with van der Waals surface area (Å²) in [7, 11) is -4.00. The highest BCUT2D eigenvalue weighted by Crippen LogP contribution is 2.28. The molecule has 0 fully saturated rings. The fourth-order valence-electron chi connectivity index (χ4n) is 2.71. The van der Waals surface area contributed by atoms with Crippen molar-refractivity contribution in [1.82, 2.24) is 4.98 Å². The molecule has 1 aromatic heterocycles. The number of aromatic carboxylic acids is 1. The maximum atomic E-state index is 12.9. The van der Waals surface area contributed by atoms with E-state index in [1.165, 1.54) is 18.2 Å². The Balaban J connectivity index is 2.09. The smallest absolute Gasteiger partial charge is 0.337 e. The van der Waals surface area contributed by atoms with Gasteiger partial charge in [-0.05, 0) is 48.7 Å². The van der Waals surface area contributed by atoms with Gasteiger partial charge >= 0.3 is 5.97 Å². The minimum absolute atomic E-state index is 0.00441. The van der Waals surface area contributed by atoms with Crippen LogP contribution in [-0.2, 0) is 10.0 Å². The molecule has 3 aromatic rings. The molecular weight excluding hydrogens is 364 g/mol. The average molecular weight is 382 g/mol. The van der Waals surface area contributed by atoms with Crippen LogP contribution in [0.3, 0.4) is 0 Å². The SMILES string of the molecule is Cc1cnc(C)c(S(=O)(=O)Nc2cc(-c3ccccc3)ccc2C(=O)O)c1. The van der Waals surface area contributed by atoms with Crippen molar-refractivity contribution in [3.8, 4) is 11.1 Å². The number of aryl methyl sites for hydroxylation is 2. The van der Waals surface area contributed by atoms with Crippen LogP contribution in [0.4, 0.5) is 5.69 Å². The minimum atomic E-state index is -4.00. The number of aromatic nitrogens is 1. The number of rotatable bonds is 5. The highest BCUT2D eigenvalue weighted by Gasteiger charge is 2.21. The summed E-state index contributed by atoms with van der Waals surface area (Å²) in [5.74, 6) is -1.22. The maximum absolute atomic E-state index is 12.9. The lowest BCUT2D eigenvalue weighted by Crippen LogP contribution is -2.17. The highest BCUT2D eigenvalue weighted by molar-refractivity contribution is 7.92. The molecule has 0 spiro atoms. The van der Waals surface area contributed by atoms with Crippen LogP contribution in [0.1, 0.15) is 21.6 Å². The lowest BCUT2D eigenvalue weighted by Gasteiger charge is -2.14. The van der Waals surface area contributed by atoms with Crippen LogP contribution in [0.25, 0.3) is 11.1 Å². The van der Waals surface area contributed by atoms with Crippen molar-refractivity contribution in [2.45, 2.75) is 18.7 Å². The summed E-state index contributed by atoms with van der Waals surface area (Å²) in [4.78, 5) is 15.7. The second-order valence-electron chi connectivity index (χ2n) is 6.13. The number of carboxylic acid groups (broad SMARTS) is 1. The van der Waals surface area contributed by atoms with Crippen LogP contribution in [0.2, 0.25) is 0 Å². The largest absolute Gasteiger partial charge is 0.478 e. The van der Waals surface area contributed by atoms with E-state index in [1.807, 2.05) is 30.3 Å². The summed E-state index contributed by atoms with van der Waals surface area (Å²) >= 11 is 0. The summed E-state index contributed by atoms with van der Waals surface area (Å²) in [6, 6.07) is 15.4. The Morgan fingerprint density at radius 2 is 1.70 bits per heavy atom. The first kappa shape index (κ1) is 18.6. The van der Waals surface area contributed by atoms with E-state index in [1.54, 1.807) is 26.1 Å². The molecule has 0 unspecified atom stereocenters. The Kier molecular flexibility index (Phi) is 4.96. The second-order valence-corrected chi connectivity index (χ2v) is 7.78. The molecule has 2 N–H and O–H groups in total. The van der Waals surface area contributed by atoms with Crippen molar-refractivity contribution in [2.24, 2.45) is 0 Å². The standard InChI is InChI=1S/C20H18N2O4S/c1-13-10-19(14(2)21-12-13)27(25,26)22-18-11-16(8-9-17(18)20(23)24)15-6-4-3-5-7-15/h3-12,22H,1-2H3,(H,23,24). The van der Waals surface area contributed by atoms with Crippen LogP contribution >= 0.6 is 0 Å². The predicted molar refractivity (Wildman–Crippen MR) is 103 cm³/mol. The van der Waals surface area contributed by atoms with Gasteiger partial charge in [0.05, 0.1) is 16.9 Å². The molecule has 0 saturated heterocycles. The molecule has 2 aromatic carbocycles. The molecule has 0 amide bonds. The molecule has 0 aliphatic carbocycles. The highest BCUT2D eigenvalue weighted by atomic mass is 32.2. The molecule has 3 rings (SSSR count). The number of benzene rings is 2. The molecule has 0 atom stereocenters. The van der Waals surface area contributed by atoms with E-state index < -0.39 is 16.0 Å². The molecule has 27 heavy (non-hydrogen) atoms. The molecule has 0 radical (unpaired) electrons. The van der Waals surface area contributed by atoms with Crippen molar-refractivity contribution >= 4 is 21.7 Å².